The first-order valence-electron chi connectivity index (χ1n) is 17.5. The number of nitrogens with zero attached hydrogens (tertiary/aromatic N) is 8. The molecule has 0 radical (unpaired) electrons. The monoisotopic (exact) mass is 776 g/mol. The van der Waals surface area contributed by atoms with Gasteiger partial charge in [-0.15, -0.1) is 13.2 Å². The van der Waals surface area contributed by atoms with Crippen molar-refractivity contribution in [3.05, 3.63) is 53.4 Å². The number of piperazine rings is 1. The minimum Gasteiger partial charge on any atom is -0.403 e. The lowest BCUT2D eigenvalue weighted by atomic mass is 9.99. The molecule has 2 saturated heterocycles. The lowest BCUT2D eigenvalue weighted by Crippen LogP contribution is -2.52. The molecule has 0 spiro atoms. The van der Waals surface area contributed by atoms with E-state index in [9.17, 15) is 21.6 Å². The molecule has 2 N–H and O–H groups in total. The van der Waals surface area contributed by atoms with Crippen LogP contribution in [0.25, 0.3) is 11.0 Å². The zero-order valence-electron chi connectivity index (χ0n) is 30.3. The van der Waals surface area contributed by atoms with Crippen molar-refractivity contribution >= 4 is 67.2 Å². The fourth-order valence-electron chi connectivity index (χ4n) is 7.07. The number of aromatic nitrogens is 4. The van der Waals surface area contributed by atoms with E-state index in [1.165, 1.54) is 29.0 Å². The van der Waals surface area contributed by atoms with Crippen LogP contribution in [-0.4, -0.2) is 109 Å². The summed E-state index contributed by atoms with van der Waals surface area (Å²) in [6.07, 6.45) is 2.79. The number of piperidine rings is 1. The maximum absolute atomic E-state index is 13.8. The van der Waals surface area contributed by atoms with Gasteiger partial charge in [0.2, 0.25) is 16.0 Å². The van der Waals surface area contributed by atoms with Crippen molar-refractivity contribution in [3.8, 4) is 5.75 Å². The number of fused-ring (bicyclic) bond motifs is 1. The number of benzene rings is 2. The number of rotatable bonds is 11. The Balaban J connectivity index is 1.31. The summed E-state index contributed by atoms with van der Waals surface area (Å²) in [5, 5.41) is 6.09. The fourth-order valence-corrected chi connectivity index (χ4v) is 8.49. The van der Waals surface area contributed by atoms with Gasteiger partial charge < -0.3 is 25.2 Å². The highest BCUT2D eigenvalue weighted by Crippen LogP contribution is 2.41. The summed E-state index contributed by atoms with van der Waals surface area (Å²) in [4.78, 5) is 24.5. The first kappa shape index (κ1) is 38.5. The molecule has 0 amide bonds. The molecule has 18 heteroatoms. The Labute approximate surface area is 312 Å². The van der Waals surface area contributed by atoms with Crippen LogP contribution in [-0.2, 0) is 16.4 Å². The van der Waals surface area contributed by atoms with E-state index in [4.69, 9.17) is 11.6 Å². The second-order valence-corrected chi connectivity index (χ2v) is 15.9. The third kappa shape index (κ3) is 8.96. The Bertz CT molecular complexity index is 2040. The molecule has 0 unspecified atom stereocenters. The zero-order valence-corrected chi connectivity index (χ0v) is 31.9. The van der Waals surface area contributed by atoms with Crippen molar-refractivity contribution in [1.82, 2.24) is 29.7 Å². The molecule has 2 aliphatic heterocycles. The standard InChI is InChI=1S/C35H44ClF3N10O3S/c1-6-23-19-28(30(52-35(37,38)39)20-29(23)48-13-9-24(10-14-48)47-17-15-46(4)16-18-47)44-34-42-21-25(36)33(45-34)43-27-8-7-26-31(41-12-11-40-26)32(27)49(22(2)3)53(5,50)51/h7-8,11-12,19-22,24H,6,9-10,13-18H2,1-5H3,(H2,42,43,44,45). The molecule has 2 fully saturated rings. The van der Waals surface area contributed by atoms with Crippen molar-refractivity contribution in [3.63, 3.8) is 0 Å². The van der Waals surface area contributed by atoms with E-state index in [1.54, 1.807) is 32.0 Å². The minimum atomic E-state index is -4.96. The topological polar surface area (TPSA) is 132 Å². The van der Waals surface area contributed by atoms with Crippen LogP contribution in [0, 0.1) is 0 Å². The highest BCUT2D eigenvalue weighted by molar-refractivity contribution is 7.92. The van der Waals surface area contributed by atoms with Gasteiger partial charge in [-0.05, 0) is 63.9 Å². The SMILES string of the molecule is CCc1cc(Nc2ncc(Cl)c(Nc3ccc4nccnc4c3N(C(C)C)S(C)(=O)=O)n2)c(OC(F)(F)F)cc1N1CCC(N2CCN(C)CC2)CC1. The van der Waals surface area contributed by atoms with Crippen LogP contribution in [0.2, 0.25) is 5.02 Å². The second-order valence-electron chi connectivity index (χ2n) is 13.6. The number of sulfonamides is 1. The van der Waals surface area contributed by atoms with Gasteiger partial charge in [-0.1, -0.05) is 18.5 Å². The van der Waals surface area contributed by atoms with E-state index in [2.05, 4.69) is 57.1 Å². The summed E-state index contributed by atoms with van der Waals surface area (Å²) in [5.41, 5.74) is 2.88. The highest BCUT2D eigenvalue weighted by atomic mass is 35.5. The molecule has 4 heterocycles. The van der Waals surface area contributed by atoms with Gasteiger partial charge in [-0.3, -0.25) is 19.2 Å². The molecule has 6 rings (SSSR count). The number of aryl methyl sites for hydroxylation is 1. The largest absolute Gasteiger partial charge is 0.573 e. The van der Waals surface area contributed by atoms with Crippen molar-refractivity contribution in [2.45, 2.75) is 58.5 Å². The van der Waals surface area contributed by atoms with Crippen molar-refractivity contribution in [2.75, 3.05) is 72.4 Å². The Hall–Kier alpha value is -4.19. The van der Waals surface area contributed by atoms with Gasteiger partial charge in [0.05, 0.1) is 29.3 Å². The van der Waals surface area contributed by atoms with E-state index in [-0.39, 0.29) is 28.2 Å². The van der Waals surface area contributed by atoms with Crippen LogP contribution in [0.3, 0.4) is 0 Å². The molecule has 13 nitrogen and oxygen atoms in total. The summed E-state index contributed by atoms with van der Waals surface area (Å²) >= 11 is 6.53. The number of halogens is 4. The van der Waals surface area contributed by atoms with Gasteiger partial charge in [-0.2, -0.15) is 4.98 Å². The molecule has 0 bridgehead atoms. The summed E-state index contributed by atoms with van der Waals surface area (Å²) < 4.78 is 73.4. The van der Waals surface area contributed by atoms with Crippen molar-refractivity contribution < 1.29 is 26.3 Å². The van der Waals surface area contributed by atoms with Gasteiger partial charge in [0.1, 0.15) is 16.2 Å². The number of anilines is 6. The number of nitrogens with one attached hydrogen (secondary N) is 2. The molecular formula is C35H44ClF3N10O3S. The van der Waals surface area contributed by atoms with E-state index >= 15 is 0 Å². The van der Waals surface area contributed by atoms with E-state index in [1.807, 2.05) is 6.92 Å². The Morgan fingerprint density at radius 3 is 2.34 bits per heavy atom. The van der Waals surface area contributed by atoms with Gasteiger partial charge in [0.25, 0.3) is 0 Å². The van der Waals surface area contributed by atoms with Gasteiger partial charge in [-0.25, -0.2) is 13.4 Å². The Morgan fingerprint density at radius 1 is 1.00 bits per heavy atom. The number of ether oxygens (including phenoxy) is 1. The molecule has 4 aromatic rings. The predicted molar refractivity (Wildman–Crippen MR) is 202 cm³/mol. The van der Waals surface area contributed by atoms with Crippen LogP contribution < -0.4 is 24.6 Å². The normalized spacial score (nSPS) is 16.7. The first-order valence-corrected chi connectivity index (χ1v) is 19.7. The molecule has 2 aliphatic rings. The predicted octanol–water partition coefficient (Wildman–Crippen LogP) is 6.41. The third-order valence-corrected chi connectivity index (χ3v) is 11.1. The molecule has 2 aromatic heterocycles. The van der Waals surface area contributed by atoms with Crippen LogP contribution in [0.1, 0.15) is 39.2 Å². The summed E-state index contributed by atoms with van der Waals surface area (Å²) in [5.74, 6) is -0.424. The maximum Gasteiger partial charge on any atom is 0.573 e. The maximum atomic E-state index is 13.8. The lowest BCUT2D eigenvalue weighted by Gasteiger charge is -2.43. The fraction of sp³-hybridized carbons (Fsp3) is 0.486. The second kappa shape index (κ2) is 15.7. The van der Waals surface area contributed by atoms with E-state index in [0.29, 0.717) is 48.0 Å². The summed E-state index contributed by atoms with van der Waals surface area (Å²) in [7, 11) is -1.67. The molecular weight excluding hydrogens is 733 g/mol. The van der Waals surface area contributed by atoms with Gasteiger partial charge in [0, 0.05) is 75.5 Å². The molecule has 53 heavy (non-hydrogen) atoms. The number of hydrogen-bond donors (Lipinski definition) is 2. The first-order chi connectivity index (χ1) is 25.1. The third-order valence-electron chi connectivity index (χ3n) is 9.55. The number of alkyl halides is 3. The molecule has 286 valence electrons. The molecule has 0 aliphatic carbocycles. The zero-order chi connectivity index (χ0) is 38.1. The van der Waals surface area contributed by atoms with Gasteiger partial charge in [0.15, 0.2) is 11.6 Å². The van der Waals surface area contributed by atoms with E-state index < -0.39 is 28.2 Å². The quantitative estimate of drug-likeness (QED) is 0.175. The number of hydrogen-bond acceptors (Lipinski definition) is 12. The average Bonchev–Trinajstić information content (AvgIpc) is 3.10. The van der Waals surface area contributed by atoms with E-state index in [0.717, 1.165) is 50.8 Å². The lowest BCUT2D eigenvalue weighted by molar-refractivity contribution is -0.274. The molecule has 0 atom stereocenters. The van der Waals surface area contributed by atoms with Crippen LogP contribution >= 0.6 is 11.6 Å². The Morgan fingerprint density at radius 2 is 1.70 bits per heavy atom. The molecule has 2 aromatic carbocycles. The molecule has 0 saturated carbocycles. The summed E-state index contributed by atoms with van der Waals surface area (Å²) in [6, 6.07) is 6.33. The van der Waals surface area contributed by atoms with Crippen molar-refractivity contribution in [1.29, 1.82) is 0 Å². The van der Waals surface area contributed by atoms with Crippen LogP contribution in [0.5, 0.6) is 5.75 Å². The number of likely N-dealkylation sites (N-methyl/N-ethyl adjacent to an activating group) is 1. The van der Waals surface area contributed by atoms with Gasteiger partial charge >= 0.3 is 6.36 Å². The minimum absolute atomic E-state index is 0.0215. The average molecular weight is 777 g/mol. The van der Waals surface area contributed by atoms with Crippen molar-refractivity contribution in [2.24, 2.45) is 0 Å². The Kier molecular flexibility index (Phi) is 11.4. The van der Waals surface area contributed by atoms with Crippen LogP contribution in [0.4, 0.5) is 47.7 Å². The van der Waals surface area contributed by atoms with Crippen LogP contribution in [0.15, 0.2) is 42.9 Å². The highest BCUT2D eigenvalue weighted by Gasteiger charge is 2.34. The summed E-state index contributed by atoms with van der Waals surface area (Å²) in [6.45, 7) is 10.9. The smallest absolute Gasteiger partial charge is 0.403 e.